The molecular weight excluding hydrogens is 699 g/mol. The van der Waals surface area contributed by atoms with Gasteiger partial charge in [-0.1, -0.05) is 0 Å². The number of methoxy groups -OCH3 is 2. The molecule has 0 aromatic heterocycles. The van der Waals surface area contributed by atoms with E-state index in [1.165, 1.54) is 66.8 Å². The van der Waals surface area contributed by atoms with Crippen molar-refractivity contribution in [2.75, 3.05) is 14.2 Å². The molecule has 0 saturated heterocycles. The predicted octanol–water partition coefficient (Wildman–Crippen LogP) is 5.34. The van der Waals surface area contributed by atoms with E-state index in [9.17, 15) is 0 Å². The van der Waals surface area contributed by atoms with Crippen molar-refractivity contribution in [1.29, 1.82) is 0 Å². The van der Waals surface area contributed by atoms with Gasteiger partial charge in [0, 0.05) is 0 Å². The van der Waals surface area contributed by atoms with E-state index in [0.717, 1.165) is 11.5 Å². The van der Waals surface area contributed by atoms with Crippen LogP contribution in [-0.4, -0.2) is 14.2 Å². The number of halogens is 2. The smallest absolute Gasteiger partial charge is 1.00 e. The van der Waals surface area contributed by atoms with E-state index in [2.05, 4.69) is 140 Å². The molecule has 2 atom stereocenters. The van der Waals surface area contributed by atoms with E-state index in [-0.39, 0.29) is 35.6 Å². The molecule has 0 N–H and O–H groups in total. The van der Waals surface area contributed by atoms with Crippen LogP contribution in [0.3, 0.4) is 0 Å². The van der Waals surface area contributed by atoms with Crippen LogP contribution < -0.4 is 34.3 Å². The summed E-state index contributed by atoms with van der Waals surface area (Å²) in [5.41, 5.74) is 16.1. The molecule has 0 fully saturated rings. The molecule has 5 heteroatoms. The van der Waals surface area contributed by atoms with Crippen molar-refractivity contribution in [3.05, 3.63) is 117 Å². The van der Waals surface area contributed by atoms with Crippen molar-refractivity contribution in [2.24, 2.45) is 0 Å². The van der Waals surface area contributed by atoms with Crippen molar-refractivity contribution in [3.63, 3.8) is 0 Å². The minimum Gasteiger partial charge on any atom is -1.00 e. The van der Waals surface area contributed by atoms with E-state index in [4.69, 9.17) is 9.47 Å². The van der Waals surface area contributed by atoms with Gasteiger partial charge in [-0.25, -0.2) is 0 Å². The average molecular weight is 745 g/mol. The summed E-state index contributed by atoms with van der Waals surface area (Å²) in [7, 11) is 3.66. The van der Waals surface area contributed by atoms with Crippen LogP contribution in [0.1, 0.15) is 96.0 Å². The molecule has 0 bridgehead atoms. The number of hydrogen-bond donors (Lipinski definition) is 0. The third-order valence-electron chi connectivity index (χ3n) is 9.46. The molecular formula is C42H46Cl2O2Zr. The zero-order valence-corrected chi connectivity index (χ0v) is 33.3. The normalized spacial score (nSPS) is 16.6. The van der Waals surface area contributed by atoms with Crippen LogP contribution in [0.2, 0.25) is 0 Å². The largest absolute Gasteiger partial charge is 1.00 e. The second-order valence-electron chi connectivity index (χ2n) is 14.7. The molecule has 0 saturated carbocycles. The summed E-state index contributed by atoms with van der Waals surface area (Å²) in [6.07, 6.45) is 4.94. The van der Waals surface area contributed by atoms with Gasteiger partial charge in [0.05, 0.1) is 0 Å². The summed E-state index contributed by atoms with van der Waals surface area (Å²) in [6, 6.07) is 26.7. The van der Waals surface area contributed by atoms with Gasteiger partial charge < -0.3 is 24.8 Å². The van der Waals surface area contributed by atoms with Crippen LogP contribution in [-0.2, 0) is 34.1 Å². The molecule has 0 spiro atoms. The van der Waals surface area contributed by atoms with Crippen molar-refractivity contribution in [3.8, 4) is 33.8 Å². The Bertz CT molecular complexity index is 1690. The quantitative estimate of drug-likeness (QED) is 0.266. The molecule has 244 valence electrons. The van der Waals surface area contributed by atoms with Crippen LogP contribution in [0.4, 0.5) is 0 Å². The molecule has 0 aliphatic heterocycles. The fourth-order valence-corrected chi connectivity index (χ4v) is 11.8. The summed E-state index contributed by atoms with van der Waals surface area (Å²) >= 11 is -1.10. The molecule has 2 aliphatic carbocycles. The summed E-state index contributed by atoms with van der Waals surface area (Å²) in [5, 5.41) is 0. The number of fused-ring (bicyclic) bond motifs is 2. The fraction of sp³-hybridized carbons (Fsp3) is 0.333. The molecule has 6 rings (SSSR count). The summed E-state index contributed by atoms with van der Waals surface area (Å²) < 4.78 is 13.4. The maximum Gasteiger partial charge on any atom is -1.00 e. The molecule has 2 nitrogen and oxygen atoms in total. The Labute approximate surface area is 306 Å². The maximum atomic E-state index is 6.24. The Kier molecular flexibility index (Phi) is 11.2. The standard InChI is InChI=1S/2C21H23O.2ClH.Zr/c2*1-14-11-16-13-18(21(2,3)4)20(22-5)19(17(16)12-14)15-9-7-6-8-10-15;;;/h2*6-13H,1-5H3;2*1H;/q;;;;+2/p-2. The first kappa shape index (κ1) is 37.2. The van der Waals surface area contributed by atoms with Crippen molar-refractivity contribution >= 4 is 12.2 Å². The Hall–Kier alpha value is -2.58. The van der Waals surface area contributed by atoms with Gasteiger partial charge in [-0.3, -0.25) is 0 Å². The van der Waals surface area contributed by atoms with Gasteiger partial charge in [0.2, 0.25) is 0 Å². The Morgan fingerprint density at radius 2 is 0.894 bits per heavy atom. The number of hydrogen-bond acceptors (Lipinski definition) is 2. The number of rotatable bonds is 6. The molecule has 4 aromatic rings. The van der Waals surface area contributed by atoms with Gasteiger partial charge >= 0.3 is 284 Å². The second kappa shape index (κ2) is 14.1. The first-order chi connectivity index (χ1) is 21.3. The second-order valence-corrected chi connectivity index (χ2v) is 18.4. The van der Waals surface area contributed by atoms with Crippen molar-refractivity contribution in [2.45, 2.75) is 73.5 Å². The van der Waals surface area contributed by atoms with Crippen molar-refractivity contribution < 1.29 is 57.5 Å². The molecule has 2 aliphatic rings. The summed E-state index contributed by atoms with van der Waals surface area (Å²) in [5.74, 6) is 2.03. The van der Waals surface area contributed by atoms with Gasteiger partial charge in [-0.05, 0) is 0 Å². The first-order valence-electron chi connectivity index (χ1n) is 16.1. The molecule has 47 heavy (non-hydrogen) atoms. The topological polar surface area (TPSA) is 18.5 Å². The fourth-order valence-electron chi connectivity index (χ4n) is 7.23. The average Bonchev–Trinajstić information content (AvgIpc) is 3.49. The summed E-state index contributed by atoms with van der Waals surface area (Å²) in [6.45, 7) is 18.6. The van der Waals surface area contributed by atoms with Gasteiger partial charge in [0.15, 0.2) is 0 Å². The van der Waals surface area contributed by atoms with Gasteiger partial charge in [-0.15, -0.1) is 0 Å². The van der Waals surface area contributed by atoms with Crippen LogP contribution >= 0.6 is 0 Å². The van der Waals surface area contributed by atoms with Gasteiger partial charge in [0.25, 0.3) is 0 Å². The zero-order valence-electron chi connectivity index (χ0n) is 29.3. The van der Waals surface area contributed by atoms with Gasteiger partial charge in [-0.2, -0.15) is 0 Å². The molecule has 2 unspecified atom stereocenters. The molecule has 4 aromatic carbocycles. The van der Waals surface area contributed by atoms with Crippen molar-refractivity contribution in [1.82, 2.24) is 0 Å². The zero-order chi connectivity index (χ0) is 32.3. The minimum atomic E-state index is -1.10. The van der Waals surface area contributed by atoms with E-state index in [0.29, 0.717) is 7.25 Å². The monoisotopic (exact) mass is 742 g/mol. The van der Waals surface area contributed by atoms with E-state index < -0.39 is 23.2 Å². The first-order valence-corrected chi connectivity index (χ1v) is 18.9. The Morgan fingerprint density at radius 3 is 1.19 bits per heavy atom. The van der Waals surface area contributed by atoms with E-state index in [1.807, 2.05) is 14.2 Å². The van der Waals surface area contributed by atoms with Crippen LogP contribution in [0, 0.1) is 0 Å². The Balaban J connectivity index is 0.00000250. The predicted molar refractivity (Wildman–Crippen MR) is 187 cm³/mol. The van der Waals surface area contributed by atoms with Crippen LogP contribution in [0.15, 0.2) is 83.9 Å². The maximum absolute atomic E-state index is 6.24. The SMILES string of the molecule is COc1c(C(C)(C)C)cc2c(c1-c1ccccc1)C=C(C)[CH]2[Zr+2][CH]1C(C)=Cc2c1cc(C(C)(C)C)c(OC)c2-c1ccccc1.[Cl-].[Cl-]. The van der Waals surface area contributed by atoms with Crippen LogP contribution in [0.5, 0.6) is 11.5 Å². The van der Waals surface area contributed by atoms with Crippen LogP contribution in [0.25, 0.3) is 34.4 Å². The molecule has 0 heterocycles. The summed E-state index contributed by atoms with van der Waals surface area (Å²) in [4.78, 5) is 0. The number of allylic oxidation sites excluding steroid dienone is 2. The van der Waals surface area contributed by atoms with E-state index in [1.54, 1.807) is 0 Å². The minimum absolute atomic E-state index is 0. The number of ether oxygens (including phenoxy) is 2. The number of benzene rings is 4. The third kappa shape index (κ3) is 6.70. The van der Waals surface area contributed by atoms with Gasteiger partial charge in [0.1, 0.15) is 0 Å². The molecule has 0 radical (unpaired) electrons. The Morgan fingerprint density at radius 1 is 0.553 bits per heavy atom. The third-order valence-corrected chi connectivity index (χ3v) is 14.9. The molecule has 0 amide bonds. The van der Waals surface area contributed by atoms with E-state index >= 15 is 0 Å².